The van der Waals surface area contributed by atoms with E-state index in [-0.39, 0.29) is 5.91 Å². The Morgan fingerprint density at radius 3 is 2.50 bits per heavy atom. The van der Waals surface area contributed by atoms with Crippen molar-refractivity contribution in [1.82, 2.24) is 5.32 Å². The van der Waals surface area contributed by atoms with Crippen LogP contribution in [0.2, 0.25) is 0 Å². The molecule has 24 heavy (non-hydrogen) atoms. The number of amides is 1. The van der Waals surface area contributed by atoms with Crippen molar-refractivity contribution in [2.24, 2.45) is 0 Å². The molecule has 0 aliphatic rings. The van der Waals surface area contributed by atoms with Gasteiger partial charge in [-0.15, -0.1) is 0 Å². The monoisotopic (exact) mass is 340 g/mol. The predicted octanol–water partition coefficient (Wildman–Crippen LogP) is 3.64. The van der Waals surface area contributed by atoms with Crippen molar-refractivity contribution >= 4 is 35.0 Å². The van der Waals surface area contributed by atoms with E-state index >= 15 is 0 Å². The molecule has 0 saturated carbocycles. The highest BCUT2D eigenvalue weighted by atomic mass is 32.1. The molecular weight excluding hydrogens is 320 g/mol. The summed E-state index contributed by atoms with van der Waals surface area (Å²) in [5, 5.41) is 3.10. The molecule has 0 aliphatic carbocycles. The molecule has 2 aromatic rings. The van der Waals surface area contributed by atoms with Crippen molar-refractivity contribution in [2.75, 3.05) is 18.6 Å². The Hall–Kier alpha value is -2.66. The second kappa shape index (κ2) is 8.84. The highest BCUT2D eigenvalue weighted by Gasteiger charge is 2.11. The fraction of sp³-hybridized carbons (Fsp3) is 0.158. The minimum atomic E-state index is -0.278. The number of benzene rings is 2. The molecule has 1 N–H and O–H groups in total. The molecule has 0 radical (unpaired) electrons. The Morgan fingerprint density at radius 2 is 1.83 bits per heavy atom. The number of anilines is 1. The molecule has 0 fully saturated rings. The summed E-state index contributed by atoms with van der Waals surface area (Å²) in [6, 6.07) is 17.2. The molecule has 124 valence electrons. The standard InChI is InChI=1S/C19H20N2O2S/c1-3-21(16-10-5-4-6-11-16)19(24)20-18(22)14-13-15-9-7-8-12-17(15)23-2/h4-14H,3H2,1-2H3,(H,20,22,24). The smallest absolute Gasteiger partial charge is 0.250 e. The van der Waals surface area contributed by atoms with Gasteiger partial charge in [-0.25, -0.2) is 0 Å². The zero-order valence-electron chi connectivity index (χ0n) is 13.7. The normalized spacial score (nSPS) is 10.4. The summed E-state index contributed by atoms with van der Waals surface area (Å²) in [5.74, 6) is 0.434. The Morgan fingerprint density at radius 1 is 1.17 bits per heavy atom. The van der Waals surface area contributed by atoms with E-state index in [1.807, 2.05) is 66.4 Å². The number of hydrogen-bond donors (Lipinski definition) is 1. The topological polar surface area (TPSA) is 41.6 Å². The van der Waals surface area contributed by atoms with Crippen LogP contribution >= 0.6 is 12.2 Å². The van der Waals surface area contributed by atoms with Crippen molar-refractivity contribution < 1.29 is 9.53 Å². The van der Waals surface area contributed by atoms with E-state index in [2.05, 4.69) is 5.32 Å². The average molecular weight is 340 g/mol. The van der Waals surface area contributed by atoms with Crippen LogP contribution in [0.3, 0.4) is 0 Å². The number of methoxy groups -OCH3 is 1. The fourth-order valence-corrected chi connectivity index (χ4v) is 2.57. The maximum absolute atomic E-state index is 12.1. The molecular formula is C19H20N2O2S. The number of hydrogen-bond acceptors (Lipinski definition) is 3. The zero-order chi connectivity index (χ0) is 17.4. The first kappa shape index (κ1) is 17.7. The van der Waals surface area contributed by atoms with Crippen LogP contribution in [0.15, 0.2) is 60.7 Å². The van der Waals surface area contributed by atoms with Gasteiger partial charge in [0.05, 0.1) is 7.11 Å². The molecule has 0 aromatic heterocycles. The van der Waals surface area contributed by atoms with Gasteiger partial charge in [0.15, 0.2) is 5.11 Å². The van der Waals surface area contributed by atoms with Crippen LogP contribution < -0.4 is 15.0 Å². The highest BCUT2D eigenvalue weighted by Crippen LogP contribution is 2.18. The van der Waals surface area contributed by atoms with E-state index in [9.17, 15) is 4.79 Å². The molecule has 2 aromatic carbocycles. The molecule has 5 heteroatoms. The number of thiocarbonyl (C=S) groups is 1. The number of nitrogens with one attached hydrogen (secondary N) is 1. The van der Waals surface area contributed by atoms with E-state index < -0.39 is 0 Å². The first-order valence-electron chi connectivity index (χ1n) is 7.64. The minimum absolute atomic E-state index is 0.278. The number of para-hydroxylation sites is 2. The lowest BCUT2D eigenvalue weighted by atomic mass is 10.2. The molecule has 0 bridgehead atoms. The van der Waals surface area contributed by atoms with Crippen LogP contribution in [0.5, 0.6) is 5.75 Å². The number of rotatable bonds is 5. The lowest BCUT2D eigenvalue weighted by Crippen LogP contribution is -2.42. The number of carbonyl (C=O) groups is 1. The average Bonchev–Trinajstić information content (AvgIpc) is 2.61. The molecule has 0 saturated heterocycles. The summed E-state index contributed by atoms with van der Waals surface area (Å²) in [6.07, 6.45) is 3.15. The van der Waals surface area contributed by atoms with Gasteiger partial charge in [0, 0.05) is 23.9 Å². The molecule has 1 amide bonds. The highest BCUT2D eigenvalue weighted by molar-refractivity contribution is 7.80. The third kappa shape index (κ3) is 4.67. The lowest BCUT2D eigenvalue weighted by molar-refractivity contribution is -0.115. The third-order valence-corrected chi connectivity index (χ3v) is 3.74. The van der Waals surface area contributed by atoms with Crippen LogP contribution in [0, 0.1) is 0 Å². The fourth-order valence-electron chi connectivity index (χ4n) is 2.24. The molecule has 0 aliphatic heterocycles. The second-order valence-corrected chi connectivity index (χ2v) is 5.34. The van der Waals surface area contributed by atoms with Gasteiger partial charge in [-0.05, 0) is 43.4 Å². The maximum atomic E-state index is 12.1. The van der Waals surface area contributed by atoms with Gasteiger partial charge in [-0.1, -0.05) is 36.4 Å². The van der Waals surface area contributed by atoms with Gasteiger partial charge in [-0.2, -0.15) is 0 Å². The predicted molar refractivity (Wildman–Crippen MR) is 102 cm³/mol. The van der Waals surface area contributed by atoms with Crippen molar-refractivity contribution in [2.45, 2.75) is 6.92 Å². The van der Waals surface area contributed by atoms with Gasteiger partial charge in [0.25, 0.3) is 0 Å². The molecule has 0 spiro atoms. The largest absolute Gasteiger partial charge is 0.496 e. The SMILES string of the molecule is CCN(C(=S)NC(=O)C=Cc1ccccc1OC)c1ccccc1. The van der Waals surface area contributed by atoms with Crippen LogP contribution in [-0.4, -0.2) is 24.7 Å². The first-order chi connectivity index (χ1) is 11.7. The Kier molecular flexibility index (Phi) is 6.51. The third-order valence-electron chi connectivity index (χ3n) is 3.41. The van der Waals surface area contributed by atoms with Gasteiger partial charge in [0.2, 0.25) is 5.91 Å². The quantitative estimate of drug-likeness (QED) is 0.666. The molecule has 2 rings (SSSR count). The Labute approximate surface area is 147 Å². The van der Waals surface area contributed by atoms with E-state index in [1.165, 1.54) is 6.08 Å². The summed E-state index contributed by atoms with van der Waals surface area (Å²) < 4.78 is 5.26. The van der Waals surface area contributed by atoms with E-state index in [0.29, 0.717) is 17.4 Å². The van der Waals surface area contributed by atoms with Gasteiger partial charge in [0.1, 0.15) is 5.75 Å². The van der Waals surface area contributed by atoms with Crippen LogP contribution in [0.1, 0.15) is 12.5 Å². The Bertz CT molecular complexity index is 729. The summed E-state index contributed by atoms with van der Waals surface area (Å²) in [7, 11) is 1.60. The molecule has 4 nitrogen and oxygen atoms in total. The van der Waals surface area contributed by atoms with Gasteiger partial charge >= 0.3 is 0 Å². The van der Waals surface area contributed by atoms with E-state index in [4.69, 9.17) is 17.0 Å². The van der Waals surface area contributed by atoms with Gasteiger partial charge in [-0.3, -0.25) is 10.1 Å². The minimum Gasteiger partial charge on any atom is -0.496 e. The molecule has 0 heterocycles. The van der Waals surface area contributed by atoms with Crippen LogP contribution in [0.25, 0.3) is 6.08 Å². The number of nitrogens with zero attached hydrogens (tertiary/aromatic N) is 1. The first-order valence-corrected chi connectivity index (χ1v) is 8.05. The van der Waals surface area contributed by atoms with Crippen molar-refractivity contribution in [3.8, 4) is 5.75 Å². The molecule has 0 unspecified atom stereocenters. The van der Waals surface area contributed by atoms with Crippen molar-refractivity contribution in [3.63, 3.8) is 0 Å². The summed E-state index contributed by atoms with van der Waals surface area (Å²) in [6.45, 7) is 2.65. The number of ether oxygens (including phenoxy) is 1. The van der Waals surface area contributed by atoms with Gasteiger partial charge < -0.3 is 9.64 Å². The number of carbonyl (C=O) groups excluding carboxylic acids is 1. The molecule has 0 atom stereocenters. The Balaban J connectivity index is 2.03. The maximum Gasteiger partial charge on any atom is 0.250 e. The summed E-state index contributed by atoms with van der Waals surface area (Å²) >= 11 is 5.35. The van der Waals surface area contributed by atoms with Crippen molar-refractivity contribution in [1.29, 1.82) is 0 Å². The van der Waals surface area contributed by atoms with Crippen molar-refractivity contribution in [3.05, 3.63) is 66.2 Å². The summed E-state index contributed by atoms with van der Waals surface area (Å²) in [4.78, 5) is 14.0. The van der Waals surface area contributed by atoms with E-state index in [0.717, 1.165) is 11.3 Å². The lowest BCUT2D eigenvalue weighted by Gasteiger charge is -2.23. The summed E-state index contributed by atoms with van der Waals surface area (Å²) in [5.41, 5.74) is 1.77. The van der Waals surface area contributed by atoms with Crippen LogP contribution in [0.4, 0.5) is 5.69 Å². The second-order valence-electron chi connectivity index (χ2n) is 4.95. The zero-order valence-corrected chi connectivity index (χ0v) is 14.5. The van der Waals surface area contributed by atoms with Crippen LogP contribution in [-0.2, 0) is 4.79 Å². The van der Waals surface area contributed by atoms with E-state index in [1.54, 1.807) is 13.2 Å².